The van der Waals surface area contributed by atoms with Crippen LogP contribution in [0.3, 0.4) is 0 Å². The molecular formula is C92H89F3N12O14. The van der Waals surface area contributed by atoms with E-state index < -0.39 is 17.5 Å². The highest BCUT2D eigenvalue weighted by molar-refractivity contribution is 5.94. The average Bonchev–Trinajstić information content (AvgIpc) is 1.61. The number of ether oxygens (including phenoxy) is 11. The zero-order chi connectivity index (χ0) is 84.0. The fourth-order valence-corrected chi connectivity index (χ4v) is 15.3. The van der Waals surface area contributed by atoms with Crippen molar-refractivity contribution in [2.75, 3.05) is 93.6 Å². The molecule has 0 spiro atoms. The molecule has 0 bridgehead atoms. The predicted octanol–water partition coefficient (Wildman–Crippen LogP) is 15.7. The van der Waals surface area contributed by atoms with Gasteiger partial charge in [0.05, 0.1) is 125 Å². The fourth-order valence-electron chi connectivity index (χ4n) is 15.3. The molecule has 11 heterocycles. The maximum absolute atomic E-state index is 14.6. The Bertz CT molecular complexity index is 5890. The summed E-state index contributed by atoms with van der Waals surface area (Å²) in [4.78, 5) is 71.1. The molecule has 6 aromatic heterocycles. The van der Waals surface area contributed by atoms with Gasteiger partial charge in [-0.2, -0.15) is 13.2 Å². The molecule has 121 heavy (non-hydrogen) atoms. The second-order valence-electron chi connectivity index (χ2n) is 29.2. The molecule has 622 valence electrons. The van der Waals surface area contributed by atoms with Crippen LogP contribution < -0.4 is 42.6 Å². The lowest BCUT2D eigenvalue weighted by atomic mass is 10.1. The minimum absolute atomic E-state index is 0.00775. The molecule has 29 heteroatoms. The first-order valence-corrected chi connectivity index (χ1v) is 40.0. The molecule has 0 N–H and O–H groups in total. The lowest BCUT2D eigenvalue weighted by Crippen LogP contribution is -2.27. The average molecular weight is 1640 g/mol. The molecule has 2 unspecified atom stereocenters. The van der Waals surface area contributed by atoms with Crippen molar-refractivity contribution in [3.8, 4) is 127 Å². The molecule has 5 saturated heterocycles. The Labute approximate surface area is 696 Å². The number of carbonyl (C=O) groups is 3. The van der Waals surface area contributed by atoms with Crippen molar-refractivity contribution in [1.82, 2.24) is 57.8 Å². The van der Waals surface area contributed by atoms with Gasteiger partial charge in [-0.1, -0.05) is 50.0 Å². The van der Waals surface area contributed by atoms with Gasteiger partial charge in [0.25, 0.3) is 11.8 Å². The number of amides is 3. The van der Waals surface area contributed by atoms with Crippen LogP contribution in [0.25, 0.3) is 50.3 Å². The third-order valence-electron chi connectivity index (χ3n) is 21.4. The summed E-state index contributed by atoms with van der Waals surface area (Å²) in [5.74, 6) is 14.7. The van der Waals surface area contributed by atoms with Gasteiger partial charge < -0.3 is 66.8 Å². The van der Waals surface area contributed by atoms with E-state index in [1.165, 1.54) is 45.6 Å². The normalized spacial score (nSPS) is 17.2. The summed E-state index contributed by atoms with van der Waals surface area (Å²) in [5.41, 5.74) is 7.06. The molecule has 17 rings (SSSR count). The van der Waals surface area contributed by atoms with Crippen molar-refractivity contribution < 1.29 is 79.7 Å². The van der Waals surface area contributed by atoms with E-state index in [9.17, 15) is 27.6 Å². The molecule has 5 atom stereocenters. The van der Waals surface area contributed by atoms with Crippen LogP contribution in [0.5, 0.6) is 69.4 Å². The second-order valence-corrected chi connectivity index (χ2v) is 29.2. The van der Waals surface area contributed by atoms with Crippen LogP contribution in [0, 0.1) is 41.1 Å². The smallest absolute Gasteiger partial charge is 0.298 e. The van der Waals surface area contributed by atoms with E-state index in [4.69, 9.17) is 67.1 Å². The van der Waals surface area contributed by atoms with E-state index in [0.717, 1.165) is 113 Å². The fraction of sp³-hybridized carbons (Fsp3) is 0.315. The largest absolute Gasteiger partial charge is 0.494 e. The van der Waals surface area contributed by atoms with E-state index >= 15 is 0 Å². The highest BCUT2D eigenvalue weighted by Gasteiger charge is 2.36. The SMILES string of the molecule is C=CC(=O)N1CC[C@@H](c2nc(-c3ccc(Oc4cccc(OC)c4F)cc3)c3cncc(OC4CCOC4)n23)C1.CC#CC(=O)N1CC[C@@H](c2nc(-c3ccc(Oc4cccc(OC)c4F)cc3)c3cncc(OC4CCOC4)n23)C1.CC#CC(=O)N1CC[C@@H](c2nc(-c3ccc(Oc4cccc(OC)c4F)cc3)c3cncc(OCCCC)n23)C1. The molecule has 3 amide bonds. The third kappa shape index (κ3) is 18.2. The molecule has 0 saturated carbocycles. The number of imidazole rings is 3. The van der Waals surface area contributed by atoms with Crippen LogP contribution in [0.2, 0.25) is 0 Å². The third-order valence-corrected chi connectivity index (χ3v) is 21.4. The lowest BCUT2D eigenvalue weighted by molar-refractivity contribution is -0.125. The monoisotopic (exact) mass is 1640 g/mol. The van der Waals surface area contributed by atoms with E-state index in [1.807, 2.05) is 49.6 Å². The summed E-state index contributed by atoms with van der Waals surface area (Å²) in [6, 6.07) is 36.1. The molecule has 0 aliphatic carbocycles. The summed E-state index contributed by atoms with van der Waals surface area (Å²) in [5, 5.41) is 0. The summed E-state index contributed by atoms with van der Waals surface area (Å²) in [7, 11) is 4.23. The first-order chi connectivity index (χ1) is 59.1. The van der Waals surface area contributed by atoms with E-state index in [2.05, 4.69) is 52.1 Å². The Morgan fingerprint density at radius 2 is 0.818 bits per heavy atom. The Kier molecular flexibility index (Phi) is 25.9. The van der Waals surface area contributed by atoms with Crippen LogP contribution in [-0.2, 0) is 23.9 Å². The van der Waals surface area contributed by atoms with Gasteiger partial charge in [0.2, 0.25) is 41.0 Å². The molecule has 26 nitrogen and oxygen atoms in total. The number of rotatable bonds is 24. The van der Waals surface area contributed by atoms with Gasteiger partial charge in [0, 0.05) is 86.6 Å². The second kappa shape index (κ2) is 38.0. The Balaban J connectivity index is 0.000000141. The number of benzene rings is 6. The Morgan fingerprint density at radius 1 is 0.471 bits per heavy atom. The summed E-state index contributed by atoms with van der Waals surface area (Å²) in [6.07, 6.45) is 17.4. The van der Waals surface area contributed by atoms with Gasteiger partial charge in [-0.15, -0.1) is 0 Å². The number of methoxy groups -OCH3 is 3. The molecule has 5 fully saturated rings. The van der Waals surface area contributed by atoms with Crippen molar-refractivity contribution in [3.05, 3.63) is 212 Å². The molecule has 5 aliphatic heterocycles. The summed E-state index contributed by atoms with van der Waals surface area (Å²) in [6.45, 7) is 15.4. The number of nitrogens with zero attached hydrogens (tertiary/aromatic N) is 12. The lowest BCUT2D eigenvalue weighted by Gasteiger charge is -2.17. The molecule has 0 radical (unpaired) electrons. The molecular weight excluding hydrogens is 1550 g/mol. The zero-order valence-electron chi connectivity index (χ0n) is 67.7. The highest BCUT2D eigenvalue weighted by Crippen LogP contribution is 2.42. The van der Waals surface area contributed by atoms with Crippen molar-refractivity contribution in [3.63, 3.8) is 0 Å². The topological polar surface area (TPSA) is 253 Å². The first kappa shape index (κ1) is 82.5. The van der Waals surface area contributed by atoms with Gasteiger partial charge >= 0.3 is 0 Å². The van der Waals surface area contributed by atoms with Gasteiger partial charge in [0.1, 0.15) is 46.9 Å². The van der Waals surface area contributed by atoms with E-state index in [-0.39, 0.29) is 82.2 Å². The van der Waals surface area contributed by atoms with Gasteiger partial charge in [0.15, 0.2) is 34.5 Å². The number of unbranched alkanes of at least 4 members (excludes halogenated alkanes) is 1. The van der Waals surface area contributed by atoms with Gasteiger partial charge in [-0.25, -0.2) is 15.0 Å². The number of carbonyl (C=O) groups excluding carboxylic acids is 3. The standard InChI is InChI=1S/C31H29FN4O5.C31H31FN4O4.C30H29FN4O5/c1-3-5-27(37)35-14-12-21(18-35)31-34-30(24-16-33-17-28(36(24)31)41-23-13-15-39-19-23)20-8-10-22(11-9-20)40-26-7-4-6-25(38-2)29(26)32;1-4-6-17-39-28-19-33-18-24-30(34-31(36(24)28)22-15-16-35(20-22)27(37)8-5-2)21-11-13-23(14-12-21)40-26-10-7-9-25(38-3)29(26)32;1-3-26(36)34-13-11-20(17-34)30-33-29(23-15-32-16-27(35(23)30)40-22-12-14-38-18-22)19-7-9-21(10-8-19)39-25-6-4-5-24(37-2)28(25)31/h4,6-11,16-17,21,23H,12-15,18-19H2,1-2H3;7,9-14,18-19,22H,4,6,15-17,20H2,1-3H3;3-10,15-16,20,22H,1,11-14,17-18H2,2H3/t21-,23?;22-;20-,22?/m111/s1. The summed E-state index contributed by atoms with van der Waals surface area (Å²) < 4.78 is 112. The van der Waals surface area contributed by atoms with Crippen LogP contribution in [0.4, 0.5) is 13.2 Å². The zero-order valence-corrected chi connectivity index (χ0v) is 67.7. The predicted molar refractivity (Wildman–Crippen MR) is 443 cm³/mol. The minimum Gasteiger partial charge on any atom is -0.494 e. The number of aromatic nitrogens is 9. The highest BCUT2D eigenvalue weighted by atomic mass is 19.1. The van der Waals surface area contributed by atoms with Crippen molar-refractivity contribution in [1.29, 1.82) is 0 Å². The number of fused-ring (bicyclic) bond motifs is 3. The van der Waals surface area contributed by atoms with Crippen LogP contribution in [-0.4, -0.2) is 181 Å². The van der Waals surface area contributed by atoms with Gasteiger partial charge in [-0.3, -0.25) is 42.5 Å². The van der Waals surface area contributed by atoms with Crippen LogP contribution >= 0.6 is 0 Å². The number of halogens is 3. The Hall–Kier alpha value is -13.6. The maximum Gasteiger partial charge on any atom is 0.298 e. The van der Waals surface area contributed by atoms with E-state index in [0.29, 0.717) is 107 Å². The molecule has 12 aromatic rings. The number of likely N-dealkylation sites (tertiary alicyclic amines) is 3. The molecule has 5 aliphatic rings. The number of hydrogen-bond donors (Lipinski definition) is 0. The van der Waals surface area contributed by atoms with Crippen LogP contribution in [0.1, 0.15) is 101 Å². The summed E-state index contributed by atoms with van der Waals surface area (Å²) >= 11 is 0. The van der Waals surface area contributed by atoms with Crippen LogP contribution in [0.15, 0.2) is 177 Å². The maximum atomic E-state index is 14.6. The Morgan fingerprint density at radius 3 is 1.16 bits per heavy atom. The quantitative estimate of drug-likeness (QED) is 0.0309. The van der Waals surface area contributed by atoms with Gasteiger partial charge in [-0.05, 0) is 167 Å². The minimum atomic E-state index is -0.566. The number of hydrogen-bond acceptors (Lipinski definition) is 20. The van der Waals surface area contributed by atoms with E-state index in [1.54, 1.807) is 139 Å². The molecule has 6 aromatic carbocycles. The van der Waals surface area contributed by atoms with Crippen molar-refractivity contribution >= 4 is 34.3 Å². The van der Waals surface area contributed by atoms with Crippen molar-refractivity contribution in [2.24, 2.45) is 0 Å². The first-order valence-electron chi connectivity index (χ1n) is 40.0. The van der Waals surface area contributed by atoms with Crippen molar-refractivity contribution in [2.45, 2.75) is 95.7 Å².